The number of nitriles is 1. The molecule has 0 N–H and O–H groups in total. The molecule has 238 valence electrons. The third-order valence-electron chi connectivity index (χ3n) is 9.71. The number of aryl methyl sites for hydroxylation is 1. The number of piperazine rings is 1. The number of carbonyl (C=O) groups is 2. The summed E-state index contributed by atoms with van der Waals surface area (Å²) in [5, 5.41) is 9.54. The van der Waals surface area contributed by atoms with Gasteiger partial charge in [-0.2, -0.15) is 15.2 Å². The van der Waals surface area contributed by atoms with Gasteiger partial charge in [0, 0.05) is 56.4 Å². The molecule has 0 spiro atoms. The maximum atomic E-state index is 12.6. The molecule has 11 heteroatoms. The van der Waals surface area contributed by atoms with E-state index in [2.05, 4.69) is 33.4 Å². The maximum Gasteiger partial charge on any atom is 0.337 e. The molecular weight excluding hydrogens is 570 g/mol. The van der Waals surface area contributed by atoms with Gasteiger partial charge < -0.3 is 24.2 Å². The lowest BCUT2D eigenvalue weighted by Crippen LogP contribution is -2.55. The Morgan fingerprint density at radius 1 is 1.11 bits per heavy atom. The van der Waals surface area contributed by atoms with Gasteiger partial charge in [0.25, 0.3) is 0 Å². The van der Waals surface area contributed by atoms with Crippen LogP contribution in [0.2, 0.25) is 0 Å². The third kappa shape index (κ3) is 6.61. The van der Waals surface area contributed by atoms with Crippen molar-refractivity contribution in [2.45, 2.75) is 63.5 Å². The molecule has 1 aliphatic carbocycles. The Bertz CT molecular complexity index is 1470. The predicted octanol–water partition coefficient (Wildman–Crippen LogP) is 3.16. The maximum absolute atomic E-state index is 12.6. The van der Waals surface area contributed by atoms with Crippen LogP contribution in [0.15, 0.2) is 30.9 Å². The van der Waals surface area contributed by atoms with Gasteiger partial charge in [0.2, 0.25) is 5.91 Å². The van der Waals surface area contributed by atoms with Crippen molar-refractivity contribution in [3.8, 4) is 12.1 Å². The normalized spacial score (nSPS) is 21.5. The highest BCUT2D eigenvalue weighted by molar-refractivity contribution is 5.90. The van der Waals surface area contributed by atoms with Gasteiger partial charge >= 0.3 is 12.0 Å². The van der Waals surface area contributed by atoms with Crippen molar-refractivity contribution in [2.24, 2.45) is 0 Å². The lowest BCUT2D eigenvalue weighted by Gasteiger charge is -2.43. The molecule has 4 heterocycles. The van der Waals surface area contributed by atoms with Crippen molar-refractivity contribution < 1.29 is 19.1 Å². The van der Waals surface area contributed by atoms with Crippen molar-refractivity contribution in [3.63, 3.8) is 0 Å². The number of aromatic nitrogens is 2. The Hall–Kier alpha value is -4.17. The number of carbonyl (C=O) groups excluding carboxylic acids is 2. The molecule has 2 aromatic rings. The van der Waals surface area contributed by atoms with E-state index < -0.39 is 0 Å². The molecule has 45 heavy (non-hydrogen) atoms. The van der Waals surface area contributed by atoms with Crippen LogP contribution < -0.4 is 14.5 Å². The van der Waals surface area contributed by atoms with E-state index in [4.69, 9.17) is 19.4 Å². The summed E-state index contributed by atoms with van der Waals surface area (Å²) < 4.78 is 11.2. The Balaban J connectivity index is 1.27. The zero-order valence-corrected chi connectivity index (χ0v) is 26.2. The fraction of sp³-hybridized carbons (Fsp3) is 0.559. The van der Waals surface area contributed by atoms with E-state index in [1.807, 2.05) is 12.1 Å². The number of methoxy groups -OCH3 is 1. The smallest absolute Gasteiger partial charge is 0.337 e. The highest BCUT2D eigenvalue weighted by Gasteiger charge is 2.35. The summed E-state index contributed by atoms with van der Waals surface area (Å²) in [4.78, 5) is 43.6. The highest BCUT2D eigenvalue weighted by atomic mass is 16.5. The lowest BCUT2D eigenvalue weighted by molar-refractivity contribution is -0.128. The standard InChI is InChI=1S/C34H43N7O4/c1-3-31(42)41-18-17-39(23-27(41)12-13-35)32-28-10-9-26(22-29(28)36-34(37-32)45-20-19-38-14-4-5-15-38)40-16-6-7-24-21-25(33(43)44-2)8-11-30(24)40/h3,8,11,21,26-27H,1,4-7,9-10,12,14-20,22-23H2,2H3/t26?,27-/m0/s1. The molecular formula is C34H43N7O4. The second-order valence-corrected chi connectivity index (χ2v) is 12.4. The number of hydrogen-bond acceptors (Lipinski definition) is 10. The molecule has 2 fully saturated rings. The average Bonchev–Trinajstić information content (AvgIpc) is 3.60. The summed E-state index contributed by atoms with van der Waals surface area (Å²) in [7, 11) is 1.42. The van der Waals surface area contributed by atoms with Crippen molar-refractivity contribution in [1.82, 2.24) is 19.8 Å². The zero-order chi connectivity index (χ0) is 31.3. The number of anilines is 2. The number of amides is 1. The number of benzene rings is 1. The first kappa shape index (κ1) is 30.8. The van der Waals surface area contributed by atoms with Gasteiger partial charge in [-0.3, -0.25) is 9.69 Å². The molecule has 0 radical (unpaired) electrons. The monoisotopic (exact) mass is 613 g/mol. The molecule has 6 rings (SSSR count). The fourth-order valence-corrected chi connectivity index (χ4v) is 7.41. The molecule has 0 bridgehead atoms. The summed E-state index contributed by atoms with van der Waals surface area (Å²) in [6, 6.07) is 8.58. The van der Waals surface area contributed by atoms with Crippen LogP contribution in [0, 0.1) is 11.3 Å². The molecule has 4 aliphatic rings. The molecule has 11 nitrogen and oxygen atoms in total. The minimum atomic E-state index is -0.310. The Morgan fingerprint density at radius 2 is 1.96 bits per heavy atom. The van der Waals surface area contributed by atoms with E-state index in [0.29, 0.717) is 37.8 Å². The van der Waals surface area contributed by atoms with Gasteiger partial charge in [0.15, 0.2) is 0 Å². The van der Waals surface area contributed by atoms with Gasteiger partial charge in [-0.25, -0.2) is 4.79 Å². The SMILES string of the molecule is C=CC(=O)N1CCN(c2nc(OCCN3CCCC3)nc3c2CCC(N2CCCc4cc(C(=O)OC)ccc42)C3)C[C@@H]1CC#N. The van der Waals surface area contributed by atoms with E-state index >= 15 is 0 Å². The molecule has 2 atom stereocenters. The number of esters is 1. The number of rotatable bonds is 9. The Labute approximate surface area is 265 Å². The van der Waals surface area contributed by atoms with Crippen LogP contribution in [0.3, 0.4) is 0 Å². The summed E-state index contributed by atoms with van der Waals surface area (Å²) in [6.07, 6.45) is 8.54. The Morgan fingerprint density at radius 3 is 2.73 bits per heavy atom. The van der Waals surface area contributed by atoms with Gasteiger partial charge in [-0.15, -0.1) is 0 Å². The Kier molecular flexibility index (Phi) is 9.50. The second kappa shape index (κ2) is 13.9. The van der Waals surface area contributed by atoms with Gasteiger partial charge in [0.1, 0.15) is 12.4 Å². The molecule has 0 saturated carbocycles. The summed E-state index contributed by atoms with van der Waals surface area (Å²) in [5.74, 6) is 0.411. The number of fused-ring (bicyclic) bond motifs is 2. The van der Waals surface area contributed by atoms with E-state index in [1.165, 1.54) is 37.3 Å². The van der Waals surface area contributed by atoms with Crippen molar-refractivity contribution in [2.75, 3.05) is 69.3 Å². The topological polar surface area (TPSA) is 115 Å². The number of hydrogen-bond donors (Lipinski definition) is 0. The largest absolute Gasteiger partial charge is 0.465 e. The fourth-order valence-electron chi connectivity index (χ4n) is 7.41. The summed E-state index contributed by atoms with van der Waals surface area (Å²) >= 11 is 0. The van der Waals surface area contributed by atoms with Gasteiger partial charge in [0.05, 0.1) is 36.9 Å². The first-order valence-corrected chi connectivity index (χ1v) is 16.3. The third-order valence-corrected chi connectivity index (χ3v) is 9.71. The van der Waals surface area contributed by atoms with Crippen molar-refractivity contribution in [3.05, 3.63) is 53.2 Å². The summed E-state index contributed by atoms with van der Waals surface area (Å²) in [6.45, 7) is 9.84. The molecule has 2 saturated heterocycles. The van der Waals surface area contributed by atoms with Crippen LogP contribution >= 0.6 is 0 Å². The lowest BCUT2D eigenvalue weighted by atomic mass is 9.88. The van der Waals surface area contributed by atoms with E-state index in [0.717, 1.165) is 75.4 Å². The second-order valence-electron chi connectivity index (χ2n) is 12.4. The molecule has 1 aromatic carbocycles. The molecule has 1 unspecified atom stereocenters. The highest BCUT2D eigenvalue weighted by Crippen LogP contribution is 2.37. The minimum Gasteiger partial charge on any atom is -0.465 e. The molecule has 3 aliphatic heterocycles. The molecule has 1 amide bonds. The van der Waals surface area contributed by atoms with Crippen LogP contribution in [0.5, 0.6) is 6.01 Å². The quantitative estimate of drug-likeness (QED) is 0.309. The van der Waals surface area contributed by atoms with Crippen LogP contribution in [0.4, 0.5) is 11.5 Å². The predicted molar refractivity (Wildman–Crippen MR) is 171 cm³/mol. The molecule has 1 aromatic heterocycles. The van der Waals surface area contributed by atoms with Crippen molar-refractivity contribution >= 4 is 23.4 Å². The van der Waals surface area contributed by atoms with Crippen molar-refractivity contribution in [1.29, 1.82) is 5.26 Å². The summed E-state index contributed by atoms with van der Waals surface area (Å²) in [5.41, 5.74) is 5.09. The number of ether oxygens (including phenoxy) is 2. The zero-order valence-electron chi connectivity index (χ0n) is 26.2. The van der Waals surface area contributed by atoms with Crippen LogP contribution in [0.1, 0.15) is 59.3 Å². The van der Waals surface area contributed by atoms with E-state index in [-0.39, 0.29) is 30.4 Å². The van der Waals surface area contributed by atoms with Crippen LogP contribution in [-0.2, 0) is 28.8 Å². The van der Waals surface area contributed by atoms with E-state index in [1.54, 1.807) is 4.90 Å². The van der Waals surface area contributed by atoms with Gasteiger partial charge in [-0.1, -0.05) is 6.58 Å². The first-order chi connectivity index (χ1) is 22.0. The first-order valence-electron chi connectivity index (χ1n) is 16.3. The van der Waals surface area contributed by atoms with E-state index in [9.17, 15) is 14.9 Å². The van der Waals surface area contributed by atoms with Crippen LogP contribution in [-0.4, -0.2) is 103 Å². The van der Waals surface area contributed by atoms with Crippen LogP contribution in [0.25, 0.3) is 0 Å². The number of nitrogens with zero attached hydrogens (tertiary/aromatic N) is 7. The average molecular weight is 614 g/mol. The minimum absolute atomic E-state index is 0.145. The number of likely N-dealkylation sites (tertiary alicyclic amines) is 1. The van der Waals surface area contributed by atoms with Gasteiger partial charge in [-0.05, 0) is 81.5 Å².